The van der Waals surface area contributed by atoms with Gasteiger partial charge in [-0.05, 0) is 55.2 Å². The summed E-state index contributed by atoms with van der Waals surface area (Å²) >= 11 is 0. The number of sulfonamides is 1. The minimum absolute atomic E-state index is 0.285. The van der Waals surface area contributed by atoms with Crippen molar-refractivity contribution in [2.75, 3.05) is 20.8 Å². The Bertz CT molecular complexity index is 816. The molecule has 0 bridgehead atoms. The third-order valence-corrected chi connectivity index (χ3v) is 5.43. The third kappa shape index (κ3) is 4.27. The fourth-order valence-corrected chi connectivity index (χ4v) is 3.46. The number of ether oxygens (including phenoxy) is 2. The maximum atomic E-state index is 12.4. The van der Waals surface area contributed by atoms with E-state index in [4.69, 9.17) is 9.47 Å². The van der Waals surface area contributed by atoms with Crippen molar-refractivity contribution in [2.24, 2.45) is 0 Å². The van der Waals surface area contributed by atoms with Crippen LogP contribution in [0.1, 0.15) is 16.7 Å². The molecule has 0 fully saturated rings. The molecule has 6 heteroatoms. The zero-order valence-electron chi connectivity index (χ0n) is 14.4. The molecule has 0 aliphatic heterocycles. The van der Waals surface area contributed by atoms with E-state index in [1.54, 1.807) is 32.4 Å². The van der Waals surface area contributed by atoms with Crippen LogP contribution in [-0.2, 0) is 16.4 Å². The molecule has 0 aromatic heterocycles. The van der Waals surface area contributed by atoms with E-state index in [9.17, 15) is 8.42 Å². The number of benzene rings is 2. The fourth-order valence-electron chi connectivity index (χ4n) is 2.34. The summed E-state index contributed by atoms with van der Waals surface area (Å²) in [5, 5.41) is 0. The van der Waals surface area contributed by atoms with Crippen LogP contribution >= 0.6 is 0 Å². The molecular weight excluding hydrogens is 326 g/mol. The van der Waals surface area contributed by atoms with Gasteiger partial charge >= 0.3 is 0 Å². The first-order valence-electron chi connectivity index (χ1n) is 7.65. The van der Waals surface area contributed by atoms with E-state index in [-0.39, 0.29) is 11.4 Å². The maximum Gasteiger partial charge on any atom is 0.240 e. The quantitative estimate of drug-likeness (QED) is 0.835. The highest BCUT2D eigenvalue weighted by molar-refractivity contribution is 7.89. The molecule has 2 aromatic rings. The molecule has 0 atom stereocenters. The van der Waals surface area contributed by atoms with Crippen LogP contribution in [0.3, 0.4) is 0 Å². The van der Waals surface area contributed by atoms with Gasteiger partial charge in [0.15, 0.2) is 0 Å². The maximum absolute atomic E-state index is 12.4. The zero-order chi connectivity index (χ0) is 17.7. The summed E-state index contributed by atoms with van der Waals surface area (Å²) in [6, 6.07) is 10.6. The molecule has 0 amide bonds. The zero-order valence-corrected chi connectivity index (χ0v) is 15.2. The van der Waals surface area contributed by atoms with E-state index in [0.29, 0.717) is 17.9 Å². The Labute approximate surface area is 143 Å². The number of nitrogens with one attached hydrogen (secondary N) is 1. The van der Waals surface area contributed by atoms with Crippen LogP contribution in [-0.4, -0.2) is 29.2 Å². The molecule has 0 spiro atoms. The third-order valence-electron chi connectivity index (χ3n) is 3.97. The molecule has 5 nitrogen and oxygen atoms in total. The van der Waals surface area contributed by atoms with E-state index >= 15 is 0 Å². The van der Waals surface area contributed by atoms with Crippen LogP contribution in [0, 0.1) is 13.8 Å². The second kappa shape index (κ2) is 7.68. The fraction of sp³-hybridized carbons (Fsp3) is 0.333. The van der Waals surface area contributed by atoms with E-state index in [2.05, 4.69) is 4.72 Å². The standard InChI is InChI=1S/C18H23NO4S/c1-13-5-8-17(11-14(13)2)24(20,21)19-10-9-15-6-7-16(22-3)12-18(15)23-4/h5-8,11-12,19H,9-10H2,1-4H3. The number of hydrogen-bond donors (Lipinski definition) is 1. The van der Waals surface area contributed by atoms with E-state index in [1.807, 2.05) is 32.0 Å². The van der Waals surface area contributed by atoms with Gasteiger partial charge < -0.3 is 9.47 Å². The molecule has 24 heavy (non-hydrogen) atoms. The summed E-state index contributed by atoms with van der Waals surface area (Å²) in [5.41, 5.74) is 2.94. The van der Waals surface area contributed by atoms with Crippen LogP contribution in [0.15, 0.2) is 41.3 Å². The number of hydrogen-bond acceptors (Lipinski definition) is 4. The highest BCUT2D eigenvalue weighted by Crippen LogP contribution is 2.24. The summed E-state index contributed by atoms with van der Waals surface area (Å²) in [5.74, 6) is 1.38. The number of aryl methyl sites for hydroxylation is 2. The summed E-state index contributed by atoms with van der Waals surface area (Å²) in [6.45, 7) is 4.14. The first kappa shape index (κ1) is 18.3. The van der Waals surface area contributed by atoms with Crippen LogP contribution in [0.2, 0.25) is 0 Å². The Morgan fingerprint density at radius 3 is 2.33 bits per heavy atom. The molecule has 130 valence electrons. The molecule has 0 saturated heterocycles. The molecule has 0 unspecified atom stereocenters. The highest BCUT2D eigenvalue weighted by Gasteiger charge is 2.14. The molecule has 0 radical (unpaired) electrons. The minimum atomic E-state index is -3.52. The van der Waals surface area contributed by atoms with Crippen molar-refractivity contribution in [3.63, 3.8) is 0 Å². The summed E-state index contributed by atoms with van der Waals surface area (Å²) in [6.07, 6.45) is 0.525. The lowest BCUT2D eigenvalue weighted by molar-refractivity contribution is 0.391. The van der Waals surface area contributed by atoms with Crippen molar-refractivity contribution in [2.45, 2.75) is 25.2 Å². The van der Waals surface area contributed by atoms with Crippen molar-refractivity contribution in [1.82, 2.24) is 4.72 Å². The summed E-state index contributed by atoms with van der Waals surface area (Å²) in [4.78, 5) is 0.285. The highest BCUT2D eigenvalue weighted by atomic mass is 32.2. The van der Waals surface area contributed by atoms with Crippen LogP contribution in [0.4, 0.5) is 0 Å². The average Bonchev–Trinajstić information content (AvgIpc) is 2.57. The molecule has 2 aromatic carbocycles. The van der Waals surface area contributed by atoms with Gasteiger partial charge in [0.05, 0.1) is 19.1 Å². The summed E-state index contributed by atoms with van der Waals surface area (Å²) < 4.78 is 37.9. The summed E-state index contributed by atoms with van der Waals surface area (Å²) in [7, 11) is -0.347. The normalized spacial score (nSPS) is 11.3. The smallest absolute Gasteiger partial charge is 0.240 e. The molecule has 2 rings (SSSR count). The van der Waals surface area contributed by atoms with Crippen LogP contribution < -0.4 is 14.2 Å². The van der Waals surface area contributed by atoms with Gasteiger partial charge in [0.1, 0.15) is 11.5 Å². The van der Waals surface area contributed by atoms with Gasteiger partial charge in [-0.1, -0.05) is 12.1 Å². The SMILES string of the molecule is COc1ccc(CCNS(=O)(=O)c2ccc(C)c(C)c2)c(OC)c1. The topological polar surface area (TPSA) is 64.6 Å². The van der Waals surface area contributed by atoms with Gasteiger partial charge in [0.25, 0.3) is 0 Å². The first-order valence-corrected chi connectivity index (χ1v) is 9.13. The van der Waals surface area contributed by atoms with Gasteiger partial charge in [-0.2, -0.15) is 0 Å². The van der Waals surface area contributed by atoms with E-state index in [1.165, 1.54) is 0 Å². The van der Waals surface area contributed by atoms with Gasteiger partial charge in [-0.15, -0.1) is 0 Å². The molecule has 1 N–H and O–H groups in total. The molecular formula is C18H23NO4S. The van der Waals surface area contributed by atoms with Crippen molar-refractivity contribution in [3.8, 4) is 11.5 Å². The Morgan fingerprint density at radius 1 is 0.958 bits per heavy atom. The Kier molecular flexibility index (Phi) is 5.85. The molecule has 0 saturated carbocycles. The van der Waals surface area contributed by atoms with Crippen molar-refractivity contribution >= 4 is 10.0 Å². The van der Waals surface area contributed by atoms with E-state index < -0.39 is 10.0 Å². The predicted molar refractivity (Wildman–Crippen MR) is 94.4 cm³/mol. The predicted octanol–water partition coefficient (Wildman–Crippen LogP) is 2.84. The average molecular weight is 349 g/mol. The van der Waals surface area contributed by atoms with Crippen molar-refractivity contribution in [3.05, 3.63) is 53.1 Å². The van der Waals surface area contributed by atoms with Crippen LogP contribution in [0.25, 0.3) is 0 Å². The van der Waals surface area contributed by atoms with Gasteiger partial charge in [0.2, 0.25) is 10.0 Å². The number of methoxy groups -OCH3 is 2. The number of rotatable bonds is 7. The lowest BCUT2D eigenvalue weighted by Crippen LogP contribution is -2.26. The Morgan fingerprint density at radius 2 is 1.71 bits per heavy atom. The van der Waals surface area contributed by atoms with Crippen LogP contribution in [0.5, 0.6) is 11.5 Å². The van der Waals surface area contributed by atoms with Crippen molar-refractivity contribution in [1.29, 1.82) is 0 Å². The van der Waals surface area contributed by atoms with Crippen molar-refractivity contribution < 1.29 is 17.9 Å². The van der Waals surface area contributed by atoms with Gasteiger partial charge in [-0.3, -0.25) is 0 Å². The molecule has 0 aliphatic rings. The van der Waals surface area contributed by atoms with Gasteiger partial charge in [0, 0.05) is 12.6 Å². The lowest BCUT2D eigenvalue weighted by Gasteiger charge is -2.12. The molecule has 0 aliphatic carbocycles. The Hall–Kier alpha value is -2.05. The lowest BCUT2D eigenvalue weighted by atomic mass is 10.1. The largest absolute Gasteiger partial charge is 0.497 e. The first-order chi connectivity index (χ1) is 11.4. The second-order valence-electron chi connectivity index (χ2n) is 5.57. The monoisotopic (exact) mass is 349 g/mol. The second-order valence-corrected chi connectivity index (χ2v) is 7.34. The van der Waals surface area contributed by atoms with Gasteiger partial charge in [-0.25, -0.2) is 13.1 Å². The van der Waals surface area contributed by atoms with E-state index in [0.717, 1.165) is 16.7 Å². The molecule has 0 heterocycles. The minimum Gasteiger partial charge on any atom is -0.497 e. The Balaban J connectivity index is 2.06.